The topological polar surface area (TPSA) is 48.6 Å². The van der Waals surface area contributed by atoms with Crippen molar-refractivity contribution < 1.29 is 0 Å². The van der Waals surface area contributed by atoms with Gasteiger partial charge < -0.3 is 0 Å². The highest BCUT2D eigenvalue weighted by Crippen LogP contribution is 2.08. The van der Waals surface area contributed by atoms with Gasteiger partial charge in [0.05, 0.1) is 0 Å². The van der Waals surface area contributed by atoms with Gasteiger partial charge in [-0.2, -0.15) is 5.11 Å². The highest BCUT2D eigenvalue weighted by molar-refractivity contribution is 14.1. The van der Waals surface area contributed by atoms with Crippen LogP contribution in [0.2, 0.25) is 0 Å². The zero-order valence-electron chi connectivity index (χ0n) is 4.00. The summed E-state index contributed by atoms with van der Waals surface area (Å²) >= 11 is 2.12. The minimum atomic E-state index is 0.127. The molecule has 0 spiro atoms. The number of hydrogen-bond donors (Lipinski definition) is 1. The van der Waals surface area contributed by atoms with E-state index in [1.807, 2.05) is 6.08 Å². The molecule has 0 aromatic heterocycles. The van der Waals surface area contributed by atoms with Crippen molar-refractivity contribution in [3.63, 3.8) is 0 Å². The van der Waals surface area contributed by atoms with Crippen molar-refractivity contribution in [1.82, 2.24) is 0 Å². The van der Waals surface area contributed by atoms with Crippen molar-refractivity contribution in [2.45, 2.75) is 4.05 Å². The molecular weight excluding hydrogens is 217 g/mol. The van der Waals surface area contributed by atoms with E-state index in [1.54, 1.807) is 6.08 Å². The molecule has 1 aliphatic heterocycles. The summed E-state index contributed by atoms with van der Waals surface area (Å²) in [6.07, 6.45) is 3.47. The summed E-state index contributed by atoms with van der Waals surface area (Å²) in [5.41, 5.74) is 0. The summed E-state index contributed by atoms with van der Waals surface area (Å²) < 4.78 is 0.127. The molecule has 1 heterocycles. The number of nitrogens with zero attached hydrogens (tertiary/aromatic N) is 2. The van der Waals surface area contributed by atoms with Crippen LogP contribution in [0.3, 0.4) is 0 Å². The number of rotatable bonds is 0. The first-order valence-electron chi connectivity index (χ1n) is 2.11. The van der Waals surface area contributed by atoms with Gasteiger partial charge in [-0.1, -0.05) is 0 Å². The molecule has 4 heteroatoms. The van der Waals surface area contributed by atoms with Gasteiger partial charge in [-0.25, -0.2) is 0 Å². The third-order valence-corrected chi connectivity index (χ3v) is 1.35. The Labute approximate surface area is 60.5 Å². The molecule has 0 saturated heterocycles. The molecule has 8 heavy (non-hydrogen) atoms. The molecule has 0 bridgehead atoms. The lowest BCUT2D eigenvalue weighted by molar-refractivity contribution is 1.04. The van der Waals surface area contributed by atoms with Gasteiger partial charge in [0.2, 0.25) is 0 Å². The van der Waals surface area contributed by atoms with E-state index in [2.05, 4.69) is 32.8 Å². The molecule has 0 radical (unpaired) electrons. The first-order chi connectivity index (χ1) is 3.79. The van der Waals surface area contributed by atoms with E-state index in [0.29, 0.717) is 0 Å². The van der Waals surface area contributed by atoms with Crippen LogP contribution in [0.1, 0.15) is 0 Å². The van der Waals surface area contributed by atoms with Crippen molar-refractivity contribution in [2.24, 2.45) is 10.2 Å². The van der Waals surface area contributed by atoms with Crippen LogP contribution in [0, 0.1) is 5.41 Å². The maximum atomic E-state index is 6.93. The van der Waals surface area contributed by atoms with Crippen LogP contribution in [-0.2, 0) is 0 Å². The fourth-order valence-electron chi connectivity index (χ4n) is 0.360. The smallest absolute Gasteiger partial charge is 0.166 e. The number of halogens is 1. The van der Waals surface area contributed by atoms with Crippen LogP contribution >= 0.6 is 22.6 Å². The van der Waals surface area contributed by atoms with E-state index >= 15 is 0 Å². The van der Waals surface area contributed by atoms with E-state index in [-0.39, 0.29) is 9.88 Å². The van der Waals surface area contributed by atoms with Crippen LogP contribution < -0.4 is 0 Å². The molecular formula is C4H4IN3. The zero-order chi connectivity index (χ0) is 5.98. The maximum Gasteiger partial charge on any atom is 0.166 e. The third-order valence-electron chi connectivity index (χ3n) is 0.689. The standard InChI is InChI=1S/C4H4IN3/c5-3-1-2-4(6)8-7-3/h1-3,6H. The van der Waals surface area contributed by atoms with Gasteiger partial charge in [-0.05, 0) is 34.7 Å². The van der Waals surface area contributed by atoms with Crippen LogP contribution in [0.4, 0.5) is 0 Å². The summed E-state index contributed by atoms with van der Waals surface area (Å²) in [5.74, 6) is 0.234. The summed E-state index contributed by atoms with van der Waals surface area (Å²) in [7, 11) is 0. The lowest BCUT2D eigenvalue weighted by Gasteiger charge is -1.97. The van der Waals surface area contributed by atoms with Gasteiger partial charge in [-0.3, -0.25) is 5.41 Å². The fourth-order valence-corrected chi connectivity index (χ4v) is 0.692. The number of amidine groups is 1. The normalized spacial score (nSPS) is 26.6. The molecule has 0 aromatic carbocycles. The average molecular weight is 221 g/mol. The summed E-state index contributed by atoms with van der Waals surface area (Å²) in [6.45, 7) is 0. The van der Waals surface area contributed by atoms with Gasteiger partial charge in [0.1, 0.15) is 4.05 Å². The number of azo groups is 1. The predicted molar refractivity (Wildman–Crippen MR) is 39.5 cm³/mol. The molecule has 1 rings (SSSR count). The quantitative estimate of drug-likeness (QED) is 0.368. The van der Waals surface area contributed by atoms with Crippen molar-refractivity contribution in [3.8, 4) is 0 Å². The van der Waals surface area contributed by atoms with Gasteiger partial charge in [0.25, 0.3) is 0 Å². The van der Waals surface area contributed by atoms with Gasteiger partial charge in [-0.15, -0.1) is 5.11 Å². The largest absolute Gasteiger partial charge is 0.281 e. The zero-order valence-corrected chi connectivity index (χ0v) is 6.16. The van der Waals surface area contributed by atoms with Crippen molar-refractivity contribution >= 4 is 28.4 Å². The summed E-state index contributed by atoms with van der Waals surface area (Å²) in [5, 5.41) is 14.2. The molecule has 1 N–H and O–H groups in total. The predicted octanol–water partition coefficient (Wildman–Crippen LogP) is 1.75. The molecule has 0 aromatic rings. The second-order valence-corrected chi connectivity index (χ2v) is 2.61. The Morgan fingerprint density at radius 2 is 2.50 bits per heavy atom. The fraction of sp³-hybridized carbons (Fsp3) is 0.250. The molecule has 42 valence electrons. The molecule has 1 aliphatic rings. The Morgan fingerprint density at radius 1 is 1.75 bits per heavy atom. The van der Waals surface area contributed by atoms with E-state index in [1.165, 1.54) is 0 Å². The maximum absolute atomic E-state index is 6.93. The van der Waals surface area contributed by atoms with Crippen molar-refractivity contribution in [3.05, 3.63) is 12.2 Å². The van der Waals surface area contributed by atoms with Crippen LogP contribution in [0.5, 0.6) is 0 Å². The molecule has 1 unspecified atom stereocenters. The molecule has 0 aliphatic carbocycles. The average Bonchev–Trinajstić information content (AvgIpc) is 1.77. The van der Waals surface area contributed by atoms with E-state index < -0.39 is 0 Å². The third kappa shape index (κ3) is 1.36. The van der Waals surface area contributed by atoms with Gasteiger partial charge in [0.15, 0.2) is 5.84 Å². The van der Waals surface area contributed by atoms with E-state index in [9.17, 15) is 0 Å². The van der Waals surface area contributed by atoms with E-state index in [4.69, 9.17) is 5.41 Å². The highest BCUT2D eigenvalue weighted by atomic mass is 127. The van der Waals surface area contributed by atoms with Crippen molar-refractivity contribution in [1.29, 1.82) is 5.41 Å². The highest BCUT2D eigenvalue weighted by Gasteiger charge is 1.99. The van der Waals surface area contributed by atoms with Crippen LogP contribution in [0.15, 0.2) is 22.4 Å². The summed E-state index contributed by atoms with van der Waals surface area (Å²) in [4.78, 5) is 0. The molecule has 0 saturated carbocycles. The Morgan fingerprint density at radius 3 is 2.88 bits per heavy atom. The molecule has 3 nitrogen and oxygen atoms in total. The molecule has 0 fully saturated rings. The number of nitrogens with one attached hydrogen (secondary N) is 1. The summed E-state index contributed by atoms with van der Waals surface area (Å²) in [6, 6.07) is 0. The first-order valence-corrected chi connectivity index (χ1v) is 3.35. The Balaban J connectivity index is 2.68. The number of alkyl halides is 1. The Hall–Kier alpha value is -0.260. The minimum Gasteiger partial charge on any atom is -0.281 e. The number of hydrogen-bond acceptors (Lipinski definition) is 2. The van der Waals surface area contributed by atoms with Gasteiger partial charge >= 0.3 is 0 Å². The minimum absolute atomic E-state index is 0.127. The monoisotopic (exact) mass is 221 g/mol. The lowest BCUT2D eigenvalue weighted by atomic mass is 10.4. The van der Waals surface area contributed by atoms with E-state index in [0.717, 1.165) is 0 Å². The second-order valence-electron chi connectivity index (χ2n) is 1.33. The molecule has 0 amide bonds. The second kappa shape index (κ2) is 2.34. The van der Waals surface area contributed by atoms with Crippen molar-refractivity contribution in [2.75, 3.05) is 0 Å². The SMILES string of the molecule is N=C1C=CC(I)N=N1. The van der Waals surface area contributed by atoms with Gasteiger partial charge in [0, 0.05) is 0 Å². The Kier molecular flexibility index (Phi) is 1.72. The van der Waals surface area contributed by atoms with Crippen LogP contribution in [-0.4, -0.2) is 9.88 Å². The lowest BCUT2D eigenvalue weighted by Crippen LogP contribution is -1.95. The molecule has 1 atom stereocenters. The Bertz CT molecular complexity index is 145. The van der Waals surface area contributed by atoms with Crippen LogP contribution in [0.25, 0.3) is 0 Å². The first kappa shape index (κ1) is 5.87.